The minimum atomic E-state index is -0.203. The Kier molecular flexibility index (Phi) is 4.57. The number of nitrogens with zero attached hydrogens (tertiary/aromatic N) is 3. The van der Waals surface area contributed by atoms with Gasteiger partial charge in [0.15, 0.2) is 5.82 Å². The van der Waals surface area contributed by atoms with Crippen molar-refractivity contribution in [2.24, 2.45) is 0 Å². The van der Waals surface area contributed by atoms with Crippen LogP contribution in [0.2, 0.25) is 0 Å². The fourth-order valence-corrected chi connectivity index (χ4v) is 5.41. The monoisotopic (exact) mass is 476 g/mol. The molecule has 1 saturated carbocycles. The lowest BCUT2D eigenvalue weighted by molar-refractivity contribution is 0.0932. The molecule has 8 nitrogen and oxygen atoms in total. The number of aryl methyl sites for hydroxylation is 1. The van der Waals surface area contributed by atoms with Crippen LogP contribution in [0.5, 0.6) is 0 Å². The van der Waals surface area contributed by atoms with Crippen molar-refractivity contribution in [3.63, 3.8) is 0 Å². The van der Waals surface area contributed by atoms with Crippen LogP contribution in [0.25, 0.3) is 22.8 Å². The molecule has 36 heavy (non-hydrogen) atoms. The molecule has 1 aliphatic heterocycles. The first-order chi connectivity index (χ1) is 17.6. The molecule has 3 aliphatic rings. The van der Waals surface area contributed by atoms with Crippen LogP contribution in [-0.4, -0.2) is 38.3 Å². The van der Waals surface area contributed by atoms with Crippen LogP contribution in [0.15, 0.2) is 55.0 Å². The number of H-pyrrole nitrogens is 1. The Morgan fingerprint density at radius 3 is 2.78 bits per heavy atom. The number of pyridine rings is 1. The highest BCUT2D eigenvalue weighted by Gasteiger charge is 2.51. The first kappa shape index (κ1) is 21.0. The number of hydrogen-bond donors (Lipinski definition) is 3. The average molecular weight is 477 g/mol. The zero-order chi connectivity index (χ0) is 24.3. The number of carbonyl (C=O) groups excluding carboxylic acids is 2. The summed E-state index contributed by atoms with van der Waals surface area (Å²) in [7, 11) is 0. The first-order valence-corrected chi connectivity index (χ1v) is 12.3. The molecule has 1 spiro atoms. The minimum Gasteiger partial charge on any atom is -0.356 e. The van der Waals surface area contributed by atoms with Crippen LogP contribution in [0.1, 0.15) is 55.9 Å². The van der Waals surface area contributed by atoms with Gasteiger partial charge in [-0.15, -0.1) is 0 Å². The van der Waals surface area contributed by atoms with E-state index in [0.717, 1.165) is 65.0 Å². The standard InChI is InChI=1S/C28H24N6O2/c35-26(31-11-16-4-2-1-3-5-16)19-10-18(12-29-13-19)25-30-14-17-6-7-20-21-24(33-23(20)22(17)34-25)28(8-9-28)15-32-27(21)36/h1-5,10,12-14,33H,6-9,11,15H2,(H,31,35)(H,32,36). The van der Waals surface area contributed by atoms with E-state index in [1.165, 1.54) is 0 Å². The number of carbonyl (C=O) groups is 2. The molecule has 3 N–H and O–H groups in total. The van der Waals surface area contributed by atoms with Crippen LogP contribution >= 0.6 is 0 Å². The van der Waals surface area contributed by atoms with Gasteiger partial charge in [-0.3, -0.25) is 14.6 Å². The molecule has 8 heteroatoms. The summed E-state index contributed by atoms with van der Waals surface area (Å²) in [6.45, 7) is 1.14. The lowest BCUT2D eigenvalue weighted by Crippen LogP contribution is -2.39. The van der Waals surface area contributed by atoms with Crippen molar-refractivity contribution in [3.8, 4) is 22.8 Å². The number of hydrogen-bond acceptors (Lipinski definition) is 5. The van der Waals surface area contributed by atoms with Gasteiger partial charge in [0, 0.05) is 48.4 Å². The van der Waals surface area contributed by atoms with Crippen LogP contribution in [0, 0.1) is 0 Å². The number of amides is 2. The Hall–Kier alpha value is -4.33. The molecule has 0 unspecified atom stereocenters. The molecule has 0 atom stereocenters. The molecule has 0 saturated heterocycles. The van der Waals surface area contributed by atoms with E-state index in [1.807, 2.05) is 36.5 Å². The van der Waals surface area contributed by atoms with E-state index in [1.54, 1.807) is 18.5 Å². The maximum atomic E-state index is 12.8. The quantitative estimate of drug-likeness (QED) is 0.418. The van der Waals surface area contributed by atoms with Gasteiger partial charge in [-0.1, -0.05) is 30.3 Å². The number of rotatable bonds is 4. The van der Waals surface area contributed by atoms with E-state index in [4.69, 9.17) is 4.98 Å². The second kappa shape index (κ2) is 7.84. The van der Waals surface area contributed by atoms with Gasteiger partial charge in [0.2, 0.25) is 0 Å². The second-order valence-corrected chi connectivity index (χ2v) is 9.89. The second-order valence-electron chi connectivity index (χ2n) is 9.89. The molecule has 3 aromatic heterocycles. The zero-order valence-electron chi connectivity index (χ0n) is 19.6. The van der Waals surface area contributed by atoms with Crippen LogP contribution in [0.3, 0.4) is 0 Å². The van der Waals surface area contributed by atoms with Gasteiger partial charge < -0.3 is 15.6 Å². The maximum absolute atomic E-state index is 12.8. The summed E-state index contributed by atoms with van der Waals surface area (Å²) in [6.07, 6.45) is 8.83. The zero-order valence-corrected chi connectivity index (χ0v) is 19.6. The van der Waals surface area contributed by atoms with E-state index in [-0.39, 0.29) is 17.2 Å². The third kappa shape index (κ3) is 3.32. The van der Waals surface area contributed by atoms with Gasteiger partial charge in [-0.2, -0.15) is 0 Å². The summed E-state index contributed by atoms with van der Waals surface area (Å²) in [5.41, 5.74) is 7.97. The molecule has 1 aromatic carbocycles. The van der Waals surface area contributed by atoms with E-state index in [9.17, 15) is 9.59 Å². The molecule has 2 amide bonds. The highest BCUT2D eigenvalue weighted by molar-refractivity contribution is 6.01. The van der Waals surface area contributed by atoms with E-state index in [0.29, 0.717) is 30.0 Å². The Bertz CT molecular complexity index is 1540. The van der Waals surface area contributed by atoms with E-state index in [2.05, 4.69) is 25.6 Å². The molecule has 0 bridgehead atoms. The summed E-state index contributed by atoms with van der Waals surface area (Å²) in [6, 6.07) is 11.5. The van der Waals surface area contributed by atoms with Crippen molar-refractivity contribution in [2.45, 2.75) is 37.6 Å². The number of fused-ring (bicyclic) bond motifs is 6. The Morgan fingerprint density at radius 1 is 1.08 bits per heavy atom. The van der Waals surface area contributed by atoms with Crippen LogP contribution in [0.4, 0.5) is 0 Å². The molecular formula is C28H24N6O2. The van der Waals surface area contributed by atoms with Gasteiger partial charge in [-0.05, 0) is 48.4 Å². The van der Waals surface area contributed by atoms with Gasteiger partial charge in [0.1, 0.15) is 0 Å². The predicted molar refractivity (Wildman–Crippen MR) is 133 cm³/mol. The first-order valence-electron chi connectivity index (χ1n) is 12.3. The molecule has 4 heterocycles. The normalized spacial score (nSPS) is 16.5. The number of aromatic amines is 1. The van der Waals surface area contributed by atoms with Crippen LogP contribution < -0.4 is 10.6 Å². The van der Waals surface area contributed by atoms with Crippen molar-refractivity contribution in [1.82, 2.24) is 30.6 Å². The summed E-state index contributed by atoms with van der Waals surface area (Å²) in [4.78, 5) is 42.9. The smallest absolute Gasteiger partial charge is 0.253 e. The molecule has 4 aromatic rings. The summed E-state index contributed by atoms with van der Waals surface area (Å²) >= 11 is 0. The summed E-state index contributed by atoms with van der Waals surface area (Å²) in [5.74, 6) is 0.312. The molecule has 7 rings (SSSR count). The van der Waals surface area contributed by atoms with Crippen LogP contribution in [-0.2, 0) is 24.8 Å². The summed E-state index contributed by atoms with van der Waals surface area (Å²) in [5, 5.41) is 6.03. The highest BCUT2D eigenvalue weighted by Crippen LogP contribution is 2.52. The molecular weight excluding hydrogens is 452 g/mol. The van der Waals surface area contributed by atoms with Crippen molar-refractivity contribution >= 4 is 11.8 Å². The van der Waals surface area contributed by atoms with Crippen molar-refractivity contribution in [2.75, 3.05) is 6.54 Å². The van der Waals surface area contributed by atoms with Gasteiger partial charge >= 0.3 is 0 Å². The average Bonchev–Trinajstić information content (AvgIpc) is 3.59. The number of aromatic nitrogens is 4. The molecule has 0 radical (unpaired) electrons. The van der Waals surface area contributed by atoms with Crippen molar-refractivity contribution in [1.29, 1.82) is 0 Å². The van der Waals surface area contributed by atoms with E-state index < -0.39 is 0 Å². The topological polar surface area (TPSA) is 113 Å². The molecule has 2 aliphatic carbocycles. The predicted octanol–water partition coefficient (Wildman–Crippen LogP) is 3.34. The highest BCUT2D eigenvalue weighted by atomic mass is 16.2. The van der Waals surface area contributed by atoms with Gasteiger partial charge in [0.25, 0.3) is 11.8 Å². The Labute approximate surface area is 207 Å². The van der Waals surface area contributed by atoms with E-state index >= 15 is 0 Å². The Balaban J connectivity index is 1.21. The third-order valence-corrected chi connectivity index (χ3v) is 7.60. The largest absolute Gasteiger partial charge is 0.356 e. The molecule has 1 fully saturated rings. The van der Waals surface area contributed by atoms with Crippen molar-refractivity contribution < 1.29 is 9.59 Å². The van der Waals surface area contributed by atoms with Crippen molar-refractivity contribution in [3.05, 3.63) is 88.5 Å². The summed E-state index contributed by atoms with van der Waals surface area (Å²) < 4.78 is 0. The molecule has 178 valence electrons. The number of nitrogens with one attached hydrogen (secondary N) is 3. The fourth-order valence-electron chi connectivity index (χ4n) is 5.41. The number of benzene rings is 1. The van der Waals surface area contributed by atoms with Gasteiger partial charge in [0.05, 0.1) is 22.5 Å². The maximum Gasteiger partial charge on any atom is 0.253 e. The van der Waals surface area contributed by atoms with Gasteiger partial charge in [-0.25, -0.2) is 9.97 Å². The Morgan fingerprint density at radius 2 is 1.94 bits per heavy atom. The minimum absolute atomic E-state index is 0.0103. The SMILES string of the molecule is O=C(NCc1ccccc1)c1cncc(-c2ncc3c(n2)-c2[nH]c4c(c2CC3)C(=O)NCC42CC2)c1. The third-order valence-electron chi connectivity index (χ3n) is 7.60. The fraction of sp³-hybridized carbons (Fsp3) is 0.250. The lowest BCUT2D eigenvalue weighted by Gasteiger charge is -2.23. The lowest BCUT2D eigenvalue weighted by atomic mass is 9.88.